The Balaban J connectivity index is 3.46. The molecule has 0 aromatic carbocycles. The van der Waals surface area contributed by atoms with Crippen molar-refractivity contribution in [2.75, 3.05) is 32.8 Å². The Morgan fingerprint density at radius 3 is 2.27 bits per heavy atom. The van der Waals surface area contributed by atoms with Crippen LogP contribution in [-0.2, 0) is 9.53 Å². The molecule has 2 nitrogen and oxygen atoms in total. The Bertz CT molecular complexity index is 127. The van der Waals surface area contributed by atoms with Crippen molar-refractivity contribution in [3.05, 3.63) is 0 Å². The standard InChI is InChI=1S/C8H18O2P/c1-5-10-8(9)6-7-11(2,3)4/h5-7H2,1-4H3/q+1. The molecule has 0 fully saturated rings. The van der Waals surface area contributed by atoms with Crippen LogP contribution in [0, 0.1) is 0 Å². The number of rotatable bonds is 4. The van der Waals surface area contributed by atoms with Crippen molar-refractivity contribution in [2.24, 2.45) is 0 Å². The number of carbonyl (C=O) groups is 1. The predicted octanol–water partition coefficient (Wildman–Crippen LogP) is 1.85. The molecule has 0 heterocycles. The zero-order valence-corrected chi connectivity index (χ0v) is 8.78. The van der Waals surface area contributed by atoms with E-state index >= 15 is 0 Å². The number of carbonyl (C=O) groups excluding carboxylic acids is 1. The van der Waals surface area contributed by atoms with Crippen LogP contribution in [-0.4, -0.2) is 38.7 Å². The molecule has 0 atom stereocenters. The van der Waals surface area contributed by atoms with Gasteiger partial charge in [0, 0.05) is 27.3 Å². The molecule has 3 heteroatoms. The van der Waals surface area contributed by atoms with Gasteiger partial charge < -0.3 is 4.74 Å². The summed E-state index contributed by atoms with van der Waals surface area (Å²) in [5.74, 6) is -0.0533. The molecule has 0 radical (unpaired) electrons. The van der Waals surface area contributed by atoms with Gasteiger partial charge in [-0.25, -0.2) is 0 Å². The summed E-state index contributed by atoms with van der Waals surface area (Å²) in [4.78, 5) is 10.9. The highest BCUT2D eigenvalue weighted by molar-refractivity contribution is 7.73. The van der Waals surface area contributed by atoms with Crippen molar-refractivity contribution in [3.63, 3.8) is 0 Å². The Morgan fingerprint density at radius 2 is 1.91 bits per heavy atom. The van der Waals surface area contributed by atoms with Crippen molar-refractivity contribution >= 4 is 13.2 Å². The van der Waals surface area contributed by atoms with E-state index in [2.05, 4.69) is 20.0 Å². The van der Waals surface area contributed by atoms with Crippen LogP contribution in [0.2, 0.25) is 0 Å². The van der Waals surface area contributed by atoms with E-state index in [-0.39, 0.29) is 5.97 Å². The lowest BCUT2D eigenvalue weighted by Gasteiger charge is -2.10. The first-order chi connectivity index (χ1) is 4.95. The molecule has 0 N–H and O–H groups in total. The van der Waals surface area contributed by atoms with E-state index in [4.69, 9.17) is 4.74 Å². The number of hydrogen-bond donors (Lipinski definition) is 0. The minimum Gasteiger partial charge on any atom is -0.466 e. The van der Waals surface area contributed by atoms with Crippen molar-refractivity contribution in [3.8, 4) is 0 Å². The summed E-state index contributed by atoms with van der Waals surface area (Å²) in [5.41, 5.74) is 0. The molecule has 0 rings (SSSR count). The van der Waals surface area contributed by atoms with E-state index in [1.54, 1.807) is 0 Å². The molecule has 66 valence electrons. The monoisotopic (exact) mass is 177 g/mol. The summed E-state index contributed by atoms with van der Waals surface area (Å²) in [6.45, 7) is 9.02. The van der Waals surface area contributed by atoms with E-state index in [9.17, 15) is 4.79 Å². The summed E-state index contributed by atoms with van der Waals surface area (Å²) in [7, 11) is -0.794. The summed E-state index contributed by atoms with van der Waals surface area (Å²) in [6, 6.07) is 0. The predicted molar refractivity (Wildman–Crippen MR) is 50.8 cm³/mol. The number of ether oxygens (including phenoxy) is 1. The third-order valence-corrected chi connectivity index (χ3v) is 2.86. The first-order valence-electron chi connectivity index (χ1n) is 3.92. The molecule has 11 heavy (non-hydrogen) atoms. The normalized spacial score (nSPS) is 11.3. The van der Waals surface area contributed by atoms with E-state index in [1.165, 1.54) is 0 Å². The molecule has 0 unspecified atom stereocenters. The lowest BCUT2D eigenvalue weighted by molar-refractivity contribution is -0.142. The van der Waals surface area contributed by atoms with E-state index < -0.39 is 7.26 Å². The molecule has 0 aromatic heterocycles. The lowest BCUT2D eigenvalue weighted by Crippen LogP contribution is -2.07. The van der Waals surface area contributed by atoms with Crippen molar-refractivity contribution < 1.29 is 9.53 Å². The van der Waals surface area contributed by atoms with Crippen LogP contribution < -0.4 is 0 Å². The molecular formula is C8H18O2P+. The Hall–Kier alpha value is -0.100. The molecule has 0 aliphatic carbocycles. The van der Waals surface area contributed by atoms with Crippen molar-refractivity contribution in [1.29, 1.82) is 0 Å². The minimum absolute atomic E-state index is 0.0533. The highest BCUT2D eigenvalue weighted by Crippen LogP contribution is 2.46. The molecule has 0 bridgehead atoms. The second kappa shape index (κ2) is 4.71. The lowest BCUT2D eigenvalue weighted by atomic mass is 10.5. The van der Waals surface area contributed by atoms with Crippen LogP contribution in [0.25, 0.3) is 0 Å². The zero-order valence-electron chi connectivity index (χ0n) is 7.89. The van der Waals surface area contributed by atoms with Crippen LogP contribution in [0.4, 0.5) is 0 Å². The van der Waals surface area contributed by atoms with Gasteiger partial charge in [-0.05, 0) is 6.92 Å². The van der Waals surface area contributed by atoms with Crippen LogP contribution in [0.5, 0.6) is 0 Å². The van der Waals surface area contributed by atoms with E-state index in [0.717, 1.165) is 6.16 Å². The summed E-state index contributed by atoms with van der Waals surface area (Å²) < 4.78 is 4.82. The molecule has 0 spiro atoms. The quantitative estimate of drug-likeness (QED) is 0.484. The topological polar surface area (TPSA) is 26.3 Å². The van der Waals surface area contributed by atoms with Gasteiger partial charge in [0.05, 0.1) is 19.2 Å². The third kappa shape index (κ3) is 7.80. The largest absolute Gasteiger partial charge is 0.466 e. The maximum Gasteiger partial charge on any atom is 0.309 e. The maximum absolute atomic E-state index is 10.9. The Morgan fingerprint density at radius 1 is 1.36 bits per heavy atom. The first kappa shape index (κ1) is 10.9. The fraction of sp³-hybridized carbons (Fsp3) is 0.875. The van der Waals surface area contributed by atoms with Gasteiger partial charge in [0.2, 0.25) is 0 Å². The SMILES string of the molecule is CCOC(=O)CC[P+](C)(C)C. The first-order valence-corrected chi connectivity index (χ1v) is 7.23. The van der Waals surface area contributed by atoms with Gasteiger partial charge in [-0.1, -0.05) is 0 Å². The molecule has 0 aliphatic rings. The van der Waals surface area contributed by atoms with Gasteiger partial charge in [-0.2, -0.15) is 0 Å². The van der Waals surface area contributed by atoms with Gasteiger partial charge in [-0.3, -0.25) is 4.79 Å². The van der Waals surface area contributed by atoms with Crippen molar-refractivity contribution in [2.45, 2.75) is 13.3 Å². The fourth-order valence-corrected chi connectivity index (χ4v) is 1.51. The average Bonchev–Trinajstić information content (AvgIpc) is 1.83. The highest BCUT2D eigenvalue weighted by Gasteiger charge is 2.18. The van der Waals surface area contributed by atoms with E-state index in [1.807, 2.05) is 6.92 Å². The van der Waals surface area contributed by atoms with Crippen LogP contribution >= 0.6 is 7.26 Å². The smallest absolute Gasteiger partial charge is 0.309 e. The molecular weight excluding hydrogens is 159 g/mol. The van der Waals surface area contributed by atoms with Crippen LogP contribution in [0.1, 0.15) is 13.3 Å². The Labute approximate surface area is 69.7 Å². The minimum atomic E-state index is -0.794. The summed E-state index contributed by atoms with van der Waals surface area (Å²) >= 11 is 0. The maximum atomic E-state index is 10.9. The molecule has 0 amide bonds. The highest BCUT2D eigenvalue weighted by atomic mass is 31.2. The van der Waals surface area contributed by atoms with Crippen molar-refractivity contribution in [1.82, 2.24) is 0 Å². The fourth-order valence-electron chi connectivity index (χ4n) is 0.660. The summed E-state index contributed by atoms with van der Waals surface area (Å²) in [6.07, 6.45) is 1.59. The Kier molecular flexibility index (Phi) is 4.67. The molecule has 0 aromatic rings. The third-order valence-electron chi connectivity index (χ3n) is 1.29. The van der Waals surface area contributed by atoms with Crippen LogP contribution in [0.3, 0.4) is 0 Å². The second-order valence-corrected chi connectivity index (χ2v) is 8.60. The zero-order chi connectivity index (χ0) is 8.91. The molecule has 0 saturated heterocycles. The van der Waals surface area contributed by atoms with Gasteiger partial charge in [-0.15, -0.1) is 0 Å². The average molecular weight is 177 g/mol. The number of esters is 1. The number of hydrogen-bond acceptors (Lipinski definition) is 2. The van der Waals surface area contributed by atoms with Gasteiger partial charge in [0.15, 0.2) is 0 Å². The van der Waals surface area contributed by atoms with Gasteiger partial charge in [0.1, 0.15) is 0 Å². The molecule has 0 aliphatic heterocycles. The second-order valence-electron chi connectivity index (χ2n) is 3.57. The van der Waals surface area contributed by atoms with Crippen LogP contribution in [0.15, 0.2) is 0 Å². The van der Waals surface area contributed by atoms with Gasteiger partial charge >= 0.3 is 5.97 Å². The van der Waals surface area contributed by atoms with E-state index in [0.29, 0.717) is 13.0 Å². The van der Waals surface area contributed by atoms with Gasteiger partial charge in [0.25, 0.3) is 0 Å². The summed E-state index contributed by atoms with van der Waals surface area (Å²) in [5, 5.41) is 0. The molecule has 0 saturated carbocycles.